The summed E-state index contributed by atoms with van der Waals surface area (Å²) >= 11 is 0. The van der Waals surface area contributed by atoms with Crippen LogP contribution in [0.4, 0.5) is 0 Å². The number of likely N-dealkylation sites (tertiary alicyclic amines) is 1. The van der Waals surface area contributed by atoms with Crippen LogP contribution in [0.25, 0.3) is 0 Å². The first-order valence-corrected chi connectivity index (χ1v) is 8.37. The van der Waals surface area contributed by atoms with E-state index in [-0.39, 0.29) is 18.5 Å². The van der Waals surface area contributed by atoms with Gasteiger partial charge in [-0.15, -0.1) is 0 Å². The molecule has 0 bridgehead atoms. The maximum Gasteiger partial charge on any atom is 0.320 e. The molecule has 1 aliphatic heterocycles. The van der Waals surface area contributed by atoms with Gasteiger partial charge in [-0.3, -0.25) is 14.5 Å². The predicted octanol–water partition coefficient (Wildman–Crippen LogP) is 2.11. The number of hydrogen-bond donors (Lipinski definition) is 2. The number of carboxylic acids is 1. The van der Waals surface area contributed by atoms with E-state index in [0.29, 0.717) is 18.9 Å². The van der Waals surface area contributed by atoms with Crippen LogP contribution in [-0.4, -0.2) is 41.0 Å². The van der Waals surface area contributed by atoms with Crippen molar-refractivity contribution in [2.75, 3.05) is 13.1 Å². The molecule has 2 N–H and O–H groups in total. The lowest BCUT2D eigenvalue weighted by Gasteiger charge is -2.23. The minimum absolute atomic E-state index is 0.0500. The van der Waals surface area contributed by atoms with E-state index in [1.54, 1.807) is 4.90 Å². The Kier molecular flexibility index (Phi) is 4.66. The number of carbonyl (C=O) groups is 2. The smallest absolute Gasteiger partial charge is 0.320 e. The van der Waals surface area contributed by atoms with Crippen LogP contribution in [0, 0.1) is 12.8 Å². The lowest BCUT2D eigenvalue weighted by Crippen LogP contribution is -2.44. The van der Waals surface area contributed by atoms with Crippen molar-refractivity contribution in [2.45, 2.75) is 44.7 Å². The molecule has 2 atom stereocenters. The van der Waals surface area contributed by atoms with Gasteiger partial charge in [-0.05, 0) is 50.6 Å². The molecule has 23 heavy (non-hydrogen) atoms. The van der Waals surface area contributed by atoms with E-state index in [4.69, 9.17) is 0 Å². The van der Waals surface area contributed by atoms with E-state index in [9.17, 15) is 14.7 Å². The van der Waals surface area contributed by atoms with Gasteiger partial charge in [-0.1, -0.05) is 29.8 Å². The van der Waals surface area contributed by atoms with Crippen LogP contribution in [0.1, 0.15) is 42.9 Å². The number of carboxylic acid groups (broad SMARTS) is 1. The van der Waals surface area contributed by atoms with Gasteiger partial charge in [-0.25, -0.2) is 0 Å². The zero-order chi connectivity index (χ0) is 16.4. The van der Waals surface area contributed by atoms with Gasteiger partial charge in [0.15, 0.2) is 0 Å². The molecular weight excluding hydrogens is 292 g/mol. The molecule has 0 radical (unpaired) electrons. The highest BCUT2D eigenvalue weighted by molar-refractivity contribution is 5.80. The maximum absolute atomic E-state index is 12.4. The normalized spacial score (nSPS) is 22.7. The van der Waals surface area contributed by atoms with E-state index in [2.05, 4.69) is 29.6 Å². The van der Waals surface area contributed by atoms with Crippen molar-refractivity contribution < 1.29 is 14.7 Å². The first-order chi connectivity index (χ1) is 11.0. The van der Waals surface area contributed by atoms with Crippen LogP contribution in [0.3, 0.4) is 0 Å². The minimum atomic E-state index is -0.826. The Morgan fingerprint density at radius 3 is 2.57 bits per heavy atom. The zero-order valence-electron chi connectivity index (χ0n) is 13.5. The second kappa shape index (κ2) is 6.71. The molecule has 0 aromatic heterocycles. The van der Waals surface area contributed by atoms with Crippen molar-refractivity contribution >= 4 is 11.9 Å². The average Bonchev–Trinajstić information content (AvgIpc) is 3.25. The number of nitrogens with zero attached hydrogens (tertiary/aromatic N) is 1. The van der Waals surface area contributed by atoms with Crippen molar-refractivity contribution in [3.05, 3.63) is 35.4 Å². The lowest BCUT2D eigenvalue weighted by molar-refractivity contribution is -0.142. The third-order valence-corrected chi connectivity index (χ3v) is 4.84. The Hall–Kier alpha value is -1.88. The molecule has 5 heteroatoms. The number of rotatable bonds is 6. The summed E-state index contributed by atoms with van der Waals surface area (Å²) in [6.45, 7) is 2.91. The second-order valence-corrected chi connectivity index (χ2v) is 6.76. The zero-order valence-corrected chi connectivity index (χ0v) is 13.5. The summed E-state index contributed by atoms with van der Waals surface area (Å²) in [6, 6.07) is 7.83. The van der Waals surface area contributed by atoms with Gasteiger partial charge in [-0.2, -0.15) is 0 Å². The first-order valence-electron chi connectivity index (χ1n) is 8.37. The van der Waals surface area contributed by atoms with E-state index in [0.717, 1.165) is 24.8 Å². The summed E-state index contributed by atoms with van der Waals surface area (Å²) in [4.78, 5) is 25.4. The molecule has 1 aliphatic carbocycles. The number of aryl methyl sites for hydroxylation is 1. The third kappa shape index (κ3) is 3.91. The molecule has 1 saturated carbocycles. The Morgan fingerprint density at radius 2 is 1.96 bits per heavy atom. The summed E-state index contributed by atoms with van der Waals surface area (Å²) in [5.74, 6) is -0.390. The molecule has 3 rings (SSSR count). The Balaban J connectivity index is 1.63. The molecular formula is C18H24N2O3. The van der Waals surface area contributed by atoms with Gasteiger partial charge in [0, 0.05) is 0 Å². The quantitative estimate of drug-likeness (QED) is 0.843. The summed E-state index contributed by atoms with van der Waals surface area (Å²) in [5.41, 5.74) is 2.35. The molecule has 1 amide bonds. The third-order valence-electron chi connectivity index (χ3n) is 4.84. The monoisotopic (exact) mass is 316 g/mol. The number of nitrogens with one attached hydrogen (secondary N) is 1. The molecule has 1 heterocycles. The van der Waals surface area contributed by atoms with Gasteiger partial charge in [0.2, 0.25) is 5.91 Å². The van der Waals surface area contributed by atoms with Crippen LogP contribution >= 0.6 is 0 Å². The van der Waals surface area contributed by atoms with Gasteiger partial charge < -0.3 is 10.4 Å². The first kappa shape index (κ1) is 16.0. The van der Waals surface area contributed by atoms with Crippen LogP contribution < -0.4 is 5.32 Å². The fourth-order valence-electron chi connectivity index (χ4n) is 3.38. The minimum Gasteiger partial charge on any atom is -0.480 e. The van der Waals surface area contributed by atoms with Crippen molar-refractivity contribution in [2.24, 2.45) is 5.92 Å². The van der Waals surface area contributed by atoms with Gasteiger partial charge in [0.05, 0.1) is 12.6 Å². The van der Waals surface area contributed by atoms with E-state index >= 15 is 0 Å². The lowest BCUT2D eigenvalue weighted by atomic mass is 10.0. The Bertz CT molecular complexity index is 580. The van der Waals surface area contributed by atoms with E-state index in [1.165, 1.54) is 5.56 Å². The molecule has 0 spiro atoms. The highest BCUT2D eigenvalue weighted by Crippen LogP contribution is 2.41. The summed E-state index contributed by atoms with van der Waals surface area (Å²) in [6.07, 6.45) is 3.75. The molecule has 1 aromatic rings. The molecule has 5 nitrogen and oxygen atoms in total. The van der Waals surface area contributed by atoms with Crippen molar-refractivity contribution in [1.82, 2.24) is 10.2 Å². The molecule has 1 saturated heterocycles. The van der Waals surface area contributed by atoms with Gasteiger partial charge in [0.1, 0.15) is 6.04 Å². The highest BCUT2D eigenvalue weighted by Gasteiger charge is 2.35. The number of benzene rings is 1. The Labute approximate surface area is 136 Å². The second-order valence-electron chi connectivity index (χ2n) is 6.76. The van der Waals surface area contributed by atoms with E-state index < -0.39 is 12.0 Å². The van der Waals surface area contributed by atoms with Crippen LogP contribution in [-0.2, 0) is 9.59 Å². The molecule has 0 unspecified atom stereocenters. The fraction of sp³-hybridized carbons (Fsp3) is 0.556. The largest absolute Gasteiger partial charge is 0.480 e. The van der Waals surface area contributed by atoms with Crippen LogP contribution in [0.5, 0.6) is 0 Å². The van der Waals surface area contributed by atoms with Crippen molar-refractivity contribution in [3.8, 4) is 0 Å². The number of amides is 1. The predicted molar refractivity (Wildman–Crippen MR) is 87.0 cm³/mol. The molecule has 2 fully saturated rings. The number of hydrogen-bond acceptors (Lipinski definition) is 3. The van der Waals surface area contributed by atoms with Crippen molar-refractivity contribution in [1.29, 1.82) is 0 Å². The summed E-state index contributed by atoms with van der Waals surface area (Å²) in [7, 11) is 0. The van der Waals surface area contributed by atoms with E-state index in [1.807, 2.05) is 6.92 Å². The van der Waals surface area contributed by atoms with Gasteiger partial charge in [0.25, 0.3) is 0 Å². The van der Waals surface area contributed by atoms with Gasteiger partial charge >= 0.3 is 5.97 Å². The number of carbonyl (C=O) groups excluding carboxylic acids is 1. The fourth-order valence-corrected chi connectivity index (χ4v) is 3.38. The summed E-state index contributed by atoms with van der Waals surface area (Å²) in [5, 5.41) is 12.3. The summed E-state index contributed by atoms with van der Waals surface area (Å²) < 4.78 is 0. The highest BCUT2D eigenvalue weighted by atomic mass is 16.4. The van der Waals surface area contributed by atoms with Crippen molar-refractivity contribution in [3.63, 3.8) is 0 Å². The maximum atomic E-state index is 12.4. The average molecular weight is 316 g/mol. The SMILES string of the molecule is Cc1ccc([C@H](NC(=O)CN2CCC[C@@H]2C(=O)O)C2CC2)cc1. The number of aliphatic carboxylic acids is 1. The topological polar surface area (TPSA) is 69.6 Å². The molecule has 2 aliphatic rings. The molecule has 124 valence electrons. The van der Waals surface area contributed by atoms with Crippen LogP contribution in [0.15, 0.2) is 24.3 Å². The standard InChI is InChI=1S/C18H24N2O3/c1-12-4-6-13(7-5-12)17(14-8-9-14)19-16(21)11-20-10-2-3-15(20)18(22)23/h4-7,14-15,17H,2-3,8-11H2,1H3,(H,19,21)(H,22,23)/t15-,17+/m1/s1. The molecule has 1 aromatic carbocycles. The Morgan fingerprint density at radius 1 is 1.26 bits per heavy atom. The van der Waals surface area contributed by atoms with Crippen LogP contribution in [0.2, 0.25) is 0 Å².